The van der Waals surface area contributed by atoms with E-state index in [4.69, 9.17) is 4.74 Å². The van der Waals surface area contributed by atoms with E-state index in [9.17, 15) is 4.21 Å². The van der Waals surface area contributed by atoms with Gasteiger partial charge in [0, 0.05) is 25.3 Å². The normalized spacial score (nSPS) is 19.7. The molecule has 2 atom stereocenters. The van der Waals surface area contributed by atoms with Crippen molar-refractivity contribution >= 4 is 10.8 Å². The number of fused-ring (bicyclic) bond motifs is 1. The van der Waals surface area contributed by atoms with Gasteiger partial charge in [0.05, 0.1) is 22.8 Å². The molecule has 0 saturated carbocycles. The van der Waals surface area contributed by atoms with Crippen molar-refractivity contribution in [1.82, 2.24) is 4.90 Å². The average molecular weight is 329 g/mol. The van der Waals surface area contributed by atoms with E-state index in [0.29, 0.717) is 5.92 Å². The van der Waals surface area contributed by atoms with Gasteiger partial charge < -0.3 is 9.64 Å². The van der Waals surface area contributed by atoms with Gasteiger partial charge in [-0.15, -0.1) is 0 Å². The molecule has 2 aromatic rings. The van der Waals surface area contributed by atoms with Gasteiger partial charge in [-0.05, 0) is 42.3 Å². The van der Waals surface area contributed by atoms with Crippen LogP contribution in [0.15, 0.2) is 47.4 Å². The monoisotopic (exact) mass is 329 g/mol. The molecule has 2 aromatic carbocycles. The van der Waals surface area contributed by atoms with Crippen molar-refractivity contribution < 1.29 is 8.95 Å². The summed E-state index contributed by atoms with van der Waals surface area (Å²) in [6, 6.07) is 14.8. The Morgan fingerprint density at radius 2 is 1.96 bits per heavy atom. The number of hydrogen-bond donors (Lipinski definition) is 0. The Morgan fingerprint density at radius 1 is 1.22 bits per heavy atom. The lowest BCUT2D eigenvalue weighted by Crippen LogP contribution is -2.24. The first-order valence-corrected chi connectivity index (χ1v) is 9.43. The quantitative estimate of drug-likeness (QED) is 0.867. The molecule has 0 amide bonds. The number of ether oxygens (including phenoxy) is 1. The fraction of sp³-hybridized carbons (Fsp3) is 0.368. The molecule has 4 heteroatoms. The first-order chi connectivity index (χ1) is 11.1. The molecule has 1 aliphatic heterocycles. The second-order valence-electron chi connectivity index (χ2n) is 6.13. The third-order valence-corrected chi connectivity index (χ3v) is 5.51. The fourth-order valence-electron chi connectivity index (χ4n) is 3.33. The van der Waals surface area contributed by atoms with E-state index in [-0.39, 0.29) is 0 Å². The van der Waals surface area contributed by atoms with Crippen LogP contribution >= 0.6 is 0 Å². The molecule has 0 saturated heterocycles. The van der Waals surface area contributed by atoms with Crippen LogP contribution in [0, 0.1) is 0 Å². The Morgan fingerprint density at radius 3 is 2.61 bits per heavy atom. The van der Waals surface area contributed by atoms with Crippen molar-refractivity contribution in [1.29, 1.82) is 0 Å². The van der Waals surface area contributed by atoms with Gasteiger partial charge in [-0.1, -0.05) is 30.3 Å². The lowest BCUT2D eigenvalue weighted by atomic mass is 9.88. The largest absolute Gasteiger partial charge is 0.495 e. The molecule has 0 N–H and O–H groups in total. The molecule has 0 radical (unpaired) electrons. The average Bonchev–Trinajstić information content (AvgIpc) is 2.73. The molecule has 0 fully saturated rings. The zero-order valence-corrected chi connectivity index (χ0v) is 14.7. The van der Waals surface area contributed by atoms with Crippen molar-refractivity contribution in [2.24, 2.45) is 0 Å². The van der Waals surface area contributed by atoms with Gasteiger partial charge in [0.1, 0.15) is 5.75 Å². The smallest absolute Gasteiger partial charge is 0.135 e. The number of rotatable bonds is 3. The highest BCUT2D eigenvalue weighted by Crippen LogP contribution is 2.36. The van der Waals surface area contributed by atoms with Gasteiger partial charge in [0.25, 0.3) is 0 Å². The zero-order chi connectivity index (χ0) is 16.4. The van der Waals surface area contributed by atoms with Gasteiger partial charge in [0.15, 0.2) is 0 Å². The number of methoxy groups -OCH3 is 1. The number of likely N-dealkylation sites (N-methyl/N-ethyl adjacent to an activating group) is 1. The van der Waals surface area contributed by atoms with E-state index < -0.39 is 10.8 Å². The Labute approximate surface area is 140 Å². The van der Waals surface area contributed by atoms with Crippen LogP contribution in [-0.4, -0.2) is 42.6 Å². The molecule has 2 unspecified atom stereocenters. The van der Waals surface area contributed by atoms with Crippen molar-refractivity contribution in [3.8, 4) is 5.75 Å². The molecule has 1 aliphatic rings. The summed E-state index contributed by atoms with van der Waals surface area (Å²) in [4.78, 5) is 3.16. The highest BCUT2D eigenvalue weighted by Gasteiger charge is 2.25. The summed E-state index contributed by atoms with van der Waals surface area (Å²) in [7, 11) is 2.77. The van der Waals surface area contributed by atoms with Crippen LogP contribution < -0.4 is 4.74 Å². The van der Waals surface area contributed by atoms with E-state index in [1.807, 2.05) is 0 Å². The lowest BCUT2D eigenvalue weighted by molar-refractivity contribution is 0.338. The first kappa shape index (κ1) is 16.2. The van der Waals surface area contributed by atoms with E-state index in [1.165, 1.54) is 16.7 Å². The minimum atomic E-state index is -1.05. The van der Waals surface area contributed by atoms with Crippen LogP contribution in [0.2, 0.25) is 0 Å². The molecule has 23 heavy (non-hydrogen) atoms. The maximum atomic E-state index is 12.0. The Bertz CT molecular complexity index is 715. The van der Waals surface area contributed by atoms with Crippen molar-refractivity contribution in [3.05, 3.63) is 59.2 Å². The Balaban J connectivity index is 2.15. The molecular weight excluding hydrogens is 306 g/mol. The van der Waals surface area contributed by atoms with Gasteiger partial charge in [-0.2, -0.15) is 0 Å². The lowest BCUT2D eigenvalue weighted by Gasteiger charge is -2.23. The number of hydrogen-bond acceptors (Lipinski definition) is 3. The minimum Gasteiger partial charge on any atom is -0.495 e. The molecule has 122 valence electrons. The first-order valence-electron chi connectivity index (χ1n) is 7.88. The van der Waals surface area contributed by atoms with Crippen LogP contribution in [0.3, 0.4) is 0 Å². The minimum absolute atomic E-state index is 0.312. The maximum absolute atomic E-state index is 12.0. The van der Waals surface area contributed by atoms with Crippen LogP contribution in [-0.2, 0) is 17.2 Å². The third kappa shape index (κ3) is 3.33. The molecule has 3 rings (SSSR count). The fourth-order valence-corrected chi connectivity index (χ4v) is 4.06. The molecule has 0 aliphatic carbocycles. The second-order valence-corrected chi connectivity index (χ2v) is 7.48. The topological polar surface area (TPSA) is 29.5 Å². The summed E-state index contributed by atoms with van der Waals surface area (Å²) in [5.41, 5.74) is 3.90. The standard InChI is InChI=1S/C19H23NO2S/c1-20-10-9-15-11-19(23(3)21)18(22-2)12-16(15)17(13-20)14-7-5-4-6-8-14/h4-8,11-12,17H,9-10,13H2,1-3H3. The van der Waals surface area contributed by atoms with Gasteiger partial charge in [0.2, 0.25) is 0 Å². The zero-order valence-electron chi connectivity index (χ0n) is 13.9. The summed E-state index contributed by atoms with van der Waals surface area (Å²) < 4.78 is 17.6. The predicted molar refractivity (Wildman–Crippen MR) is 94.8 cm³/mol. The molecule has 0 aromatic heterocycles. The molecule has 0 bridgehead atoms. The summed E-state index contributed by atoms with van der Waals surface area (Å²) >= 11 is 0. The van der Waals surface area contributed by atoms with E-state index in [1.54, 1.807) is 13.4 Å². The van der Waals surface area contributed by atoms with Gasteiger partial charge >= 0.3 is 0 Å². The summed E-state index contributed by atoms with van der Waals surface area (Å²) in [6.07, 6.45) is 2.69. The Kier molecular flexibility index (Phi) is 4.83. The molecule has 3 nitrogen and oxygen atoms in total. The summed E-state index contributed by atoms with van der Waals surface area (Å²) in [5, 5.41) is 0. The van der Waals surface area contributed by atoms with Crippen LogP contribution in [0.4, 0.5) is 0 Å². The summed E-state index contributed by atoms with van der Waals surface area (Å²) in [5.74, 6) is 1.04. The Hall–Kier alpha value is -1.65. The highest BCUT2D eigenvalue weighted by atomic mass is 32.2. The highest BCUT2D eigenvalue weighted by molar-refractivity contribution is 7.84. The SMILES string of the molecule is COc1cc2c(cc1S(C)=O)CCN(C)CC2c1ccccc1. The van der Waals surface area contributed by atoms with Crippen molar-refractivity contribution in [3.63, 3.8) is 0 Å². The van der Waals surface area contributed by atoms with E-state index >= 15 is 0 Å². The van der Waals surface area contributed by atoms with Gasteiger partial charge in [-0.25, -0.2) is 0 Å². The van der Waals surface area contributed by atoms with Crippen LogP contribution in [0.5, 0.6) is 5.75 Å². The van der Waals surface area contributed by atoms with Gasteiger partial charge in [-0.3, -0.25) is 4.21 Å². The number of benzene rings is 2. The second kappa shape index (κ2) is 6.85. The maximum Gasteiger partial charge on any atom is 0.135 e. The van der Waals surface area contributed by atoms with Crippen molar-refractivity contribution in [2.45, 2.75) is 17.2 Å². The van der Waals surface area contributed by atoms with Crippen LogP contribution in [0.1, 0.15) is 22.6 Å². The third-order valence-electron chi connectivity index (χ3n) is 4.57. The predicted octanol–water partition coefficient (Wildman–Crippen LogP) is 3.05. The van der Waals surface area contributed by atoms with Crippen LogP contribution in [0.25, 0.3) is 0 Å². The molecule has 0 spiro atoms. The molecule has 1 heterocycles. The van der Waals surface area contributed by atoms with E-state index in [0.717, 1.165) is 30.2 Å². The van der Waals surface area contributed by atoms with Crippen molar-refractivity contribution in [2.75, 3.05) is 33.5 Å². The summed E-state index contributed by atoms with van der Waals surface area (Å²) in [6.45, 7) is 1.99. The molecular formula is C19H23NO2S. The van der Waals surface area contributed by atoms with E-state index in [2.05, 4.69) is 54.4 Å². The number of nitrogens with zero attached hydrogens (tertiary/aromatic N) is 1.